The number of thioether (sulfide) groups is 1. The molecule has 1 unspecified atom stereocenters. The zero-order valence-corrected chi connectivity index (χ0v) is 10.3. The van der Waals surface area contributed by atoms with Crippen molar-refractivity contribution >= 4 is 11.8 Å². The van der Waals surface area contributed by atoms with Gasteiger partial charge in [-0.2, -0.15) is 11.8 Å². The van der Waals surface area contributed by atoms with E-state index >= 15 is 0 Å². The Kier molecular flexibility index (Phi) is 6.88. The zero-order chi connectivity index (χ0) is 10.3. The molecule has 0 saturated heterocycles. The maximum atomic E-state index is 10.3. The third kappa shape index (κ3) is 5.58. The highest BCUT2D eigenvalue weighted by Gasteiger charge is 2.26. The van der Waals surface area contributed by atoms with Crippen molar-refractivity contribution in [3.8, 4) is 0 Å². The van der Waals surface area contributed by atoms with Gasteiger partial charge in [-0.25, -0.2) is 0 Å². The molecule has 13 heavy (non-hydrogen) atoms. The van der Waals surface area contributed by atoms with E-state index in [9.17, 15) is 5.11 Å². The fourth-order valence-corrected chi connectivity index (χ4v) is 2.36. The molecule has 0 bridgehead atoms. The van der Waals surface area contributed by atoms with Crippen LogP contribution >= 0.6 is 11.8 Å². The van der Waals surface area contributed by atoms with E-state index in [4.69, 9.17) is 0 Å². The molecule has 0 aliphatic carbocycles. The quantitative estimate of drug-likeness (QED) is 0.685. The van der Waals surface area contributed by atoms with Crippen molar-refractivity contribution in [1.29, 1.82) is 0 Å². The lowest BCUT2D eigenvalue weighted by atomic mass is 9.88. The summed E-state index contributed by atoms with van der Waals surface area (Å²) in [7, 11) is 0. The van der Waals surface area contributed by atoms with Crippen LogP contribution < -0.4 is 0 Å². The Balaban J connectivity index is 4.05. The Morgan fingerprint density at radius 3 is 2.00 bits per heavy atom. The van der Waals surface area contributed by atoms with Crippen LogP contribution in [0.1, 0.15) is 52.9 Å². The fraction of sp³-hybridized carbons (Fsp3) is 1.00. The second-order valence-electron chi connectivity index (χ2n) is 3.97. The predicted octanol–water partition coefficient (Wildman–Crippen LogP) is 3.46. The fourth-order valence-electron chi connectivity index (χ4n) is 1.88. The molecule has 0 amide bonds. The number of aliphatic hydroxyl groups is 1. The van der Waals surface area contributed by atoms with Crippen LogP contribution in [0.15, 0.2) is 0 Å². The molecule has 2 heteroatoms. The smallest absolute Gasteiger partial charge is 0.0658 e. The van der Waals surface area contributed by atoms with Crippen molar-refractivity contribution in [2.75, 3.05) is 6.26 Å². The third-order valence-corrected chi connectivity index (χ3v) is 3.47. The summed E-state index contributed by atoms with van der Waals surface area (Å²) in [6.07, 6.45) is 7.12. The van der Waals surface area contributed by atoms with Crippen LogP contribution in [0.5, 0.6) is 0 Å². The maximum absolute atomic E-state index is 10.3. The van der Waals surface area contributed by atoms with Gasteiger partial charge in [-0.3, -0.25) is 0 Å². The molecule has 0 radical (unpaired) electrons. The van der Waals surface area contributed by atoms with Gasteiger partial charge in [0, 0.05) is 5.25 Å². The minimum absolute atomic E-state index is 0.397. The Morgan fingerprint density at radius 1 is 1.23 bits per heavy atom. The lowest BCUT2D eigenvalue weighted by Crippen LogP contribution is -2.31. The Hall–Kier alpha value is 0.310. The molecule has 0 aromatic heterocycles. The standard InChI is InChI=1S/C11H24OS/c1-5-7-11(12,8-6-2)9-10(3)13-4/h10,12H,5-9H2,1-4H3. The van der Waals surface area contributed by atoms with Gasteiger partial charge in [0.15, 0.2) is 0 Å². The van der Waals surface area contributed by atoms with Crippen molar-refractivity contribution in [3.05, 3.63) is 0 Å². The predicted molar refractivity (Wildman–Crippen MR) is 62.4 cm³/mol. The normalized spacial score (nSPS) is 14.5. The highest BCUT2D eigenvalue weighted by atomic mass is 32.2. The summed E-state index contributed by atoms with van der Waals surface area (Å²) in [5.41, 5.74) is -0.397. The summed E-state index contributed by atoms with van der Waals surface area (Å²) in [6, 6.07) is 0. The van der Waals surface area contributed by atoms with Gasteiger partial charge < -0.3 is 5.11 Å². The monoisotopic (exact) mass is 204 g/mol. The topological polar surface area (TPSA) is 20.2 Å². The molecule has 0 heterocycles. The van der Waals surface area contributed by atoms with Crippen LogP contribution in [0, 0.1) is 0 Å². The molecule has 0 aliphatic heterocycles. The van der Waals surface area contributed by atoms with Gasteiger partial charge in [0.2, 0.25) is 0 Å². The van der Waals surface area contributed by atoms with Crippen molar-refractivity contribution in [2.45, 2.75) is 63.7 Å². The first-order valence-electron chi connectivity index (χ1n) is 5.33. The highest BCUT2D eigenvalue weighted by Crippen LogP contribution is 2.28. The molecule has 0 aliphatic rings. The third-order valence-electron chi connectivity index (χ3n) is 2.50. The van der Waals surface area contributed by atoms with Crippen LogP contribution in [0.25, 0.3) is 0 Å². The van der Waals surface area contributed by atoms with Crippen LogP contribution in [0.4, 0.5) is 0 Å². The minimum atomic E-state index is -0.397. The van der Waals surface area contributed by atoms with Gasteiger partial charge >= 0.3 is 0 Å². The van der Waals surface area contributed by atoms with Gasteiger partial charge in [-0.1, -0.05) is 33.6 Å². The SMILES string of the molecule is CCCC(O)(CCC)CC(C)SC. The number of hydrogen-bond donors (Lipinski definition) is 1. The second kappa shape index (κ2) is 6.72. The van der Waals surface area contributed by atoms with Crippen LogP contribution in [-0.4, -0.2) is 22.2 Å². The molecule has 0 rings (SSSR count). The Bertz CT molecular complexity index is 119. The molecule has 0 aromatic rings. The molecule has 1 nitrogen and oxygen atoms in total. The van der Waals surface area contributed by atoms with Crippen LogP contribution in [-0.2, 0) is 0 Å². The Morgan fingerprint density at radius 2 is 1.69 bits per heavy atom. The number of hydrogen-bond acceptors (Lipinski definition) is 2. The first-order chi connectivity index (χ1) is 6.08. The minimum Gasteiger partial charge on any atom is -0.390 e. The first-order valence-corrected chi connectivity index (χ1v) is 6.62. The average molecular weight is 204 g/mol. The van der Waals surface area contributed by atoms with E-state index in [0.717, 1.165) is 32.1 Å². The van der Waals surface area contributed by atoms with E-state index in [0.29, 0.717) is 5.25 Å². The molecule has 0 saturated carbocycles. The van der Waals surface area contributed by atoms with Crippen molar-refractivity contribution in [1.82, 2.24) is 0 Å². The summed E-state index contributed by atoms with van der Waals surface area (Å²) in [5.74, 6) is 0. The van der Waals surface area contributed by atoms with E-state index in [-0.39, 0.29) is 0 Å². The molecule has 1 N–H and O–H groups in total. The molecule has 0 spiro atoms. The summed E-state index contributed by atoms with van der Waals surface area (Å²) in [5, 5.41) is 10.9. The zero-order valence-electron chi connectivity index (χ0n) is 9.47. The van der Waals surface area contributed by atoms with Gasteiger partial charge in [-0.15, -0.1) is 0 Å². The highest BCUT2D eigenvalue weighted by molar-refractivity contribution is 7.99. The molecular weight excluding hydrogens is 180 g/mol. The van der Waals surface area contributed by atoms with Crippen molar-refractivity contribution in [2.24, 2.45) is 0 Å². The van der Waals surface area contributed by atoms with Gasteiger partial charge in [0.05, 0.1) is 5.60 Å². The lowest BCUT2D eigenvalue weighted by Gasteiger charge is -2.29. The van der Waals surface area contributed by atoms with Crippen molar-refractivity contribution < 1.29 is 5.11 Å². The van der Waals surface area contributed by atoms with Crippen LogP contribution in [0.2, 0.25) is 0 Å². The molecule has 1 atom stereocenters. The van der Waals surface area contributed by atoms with Gasteiger partial charge in [0.1, 0.15) is 0 Å². The molecular formula is C11H24OS. The Labute approximate surface area is 87.3 Å². The van der Waals surface area contributed by atoms with E-state index < -0.39 is 5.60 Å². The van der Waals surface area contributed by atoms with Crippen molar-refractivity contribution in [3.63, 3.8) is 0 Å². The van der Waals surface area contributed by atoms with Gasteiger partial charge in [-0.05, 0) is 25.5 Å². The summed E-state index contributed by atoms with van der Waals surface area (Å²) in [4.78, 5) is 0. The average Bonchev–Trinajstić information content (AvgIpc) is 2.04. The largest absolute Gasteiger partial charge is 0.390 e. The van der Waals surface area contributed by atoms with E-state index in [2.05, 4.69) is 27.0 Å². The van der Waals surface area contributed by atoms with E-state index in [1.165, 1.54) is 0 Å². The number of rotatable bonds is 7. The summed E-state index contributed by atoms with van der Waals surface area (Å²) < 4.78 is 0. The second-order valence-corrected chi connectivity index (χ2v) is 5.25. The summed E-state index contributed by atoms with van der Waals surface area (Å²) >= 11 is 1.84. The molecule has 0 fully saturated rings. The van der Waals surface area contributed by atoms with Crippen LogP contribution in [0.3, 0.4) is 0 Å². The summed E-state index contributed by atoms with van der Waals surface area (Å²) in [6.45, 7) is 6.48. The molecule has 0 aromatic carbocycles. The van der Waals surface area contributed by atoms with Gasteiger partial charge in [0.25, 0.3) is 0 Å². The maximum Gasteiger partial charge on any atom is 0.0658 e. The van der Waals surface area contributed by atoms with E-state index in [1.807, 2.05) is 11.8 Å². The first kappa shape index (κ1) is 13.3. The lowest BCUT2D eigenvalue weighted by molar-refractivity contribution is 0.0137. The molecule has 80 valence electrons. The van der Waals surface area contributed by atoms with E-state index in [1.54, 1.807) is 0 Å².